The van der Waals surface area contributed by atoms with Crippen LogP contribution in [0.15, 0.2) is 12.1 Å². The molecule has 0 bridgehead atoms. The fourth-order valence-corrected chi connectivity index (χ4v) is 2.22. The Hall–Kier alpha value is -0.930. The third-order valence-electron chi connectivity index (χ3n) is 3.62. The summed E-state index contributed by atoms with van der Waals surface area (Å²) in [6.07, 6.45) is 1.17. The van der Waals surface area contributed by atoms with Crippen molar-refractivity contribution in [3.05, 3.63) is 22.7 Å². The average molecular weight is 286 g/mol. The topological polar surface area (TPSA) is 30.5 Å². The molecule has 1 rings (SSSR count). The van der Waals surface area contributed by atoms with Crippen LogP contribution in [0.5, 0.6) is 11.5 Å². The molecule has 0 aromatic heterocycles. The number of nitrogens with one attached hydrogen (secondary N) is 1. The Labute approximate surface area is 121 Å². The molecule has 0 aliphatic heterocycles. The third-order valence-corrected chi connectivity index (χ3v) is 3.90. The molecule has 0 saturated carbocycles. The molecule has 1 aromatic rings. The summed E-state index contributed by atoms with van der Waals surface area (Å²) >= 11 is 6.19. The van der Waals surface area contributed by atoms with Crippen LogP contribution in [0.25, 0.3) is 0 Å². The zero-order valence-corrected chi connectivity index (χ0v) is 13.2. The molecule has 108 valence electrons. The second-order valence-corrected chi connectivity index (χ2v) is 5.28. The Morgan fingerprint density at radius 3 is 2.42 bits per heavy atom. The molecule has 4 heteroatoms. The molecule has 1 N–H and O–H groups in total. The fourth-order valence-electron chi connectivity index (χ4n) is 1.91. The maximum atomic E-state index is 6.19. The molecular formula is C15H24ClNO2. The van der Waals surface area contributed by atoms with Gasteiger partial charge in [0.1, 0.15) is 0 Å². The highest BCUT2D eigenvalue weighted by Crippen LogP contribution is 2.35. The van der Waals surface area contributed by atoms with Crippen molar-refractivity contribution in [1.82, 2.24) is 5.32 Å². The summed E-state index contributed by atoms with van der Waals surface area (Å²) in [4.78, 5) is 0. The second-order valence-electron chi connectivity index (χ2n) is 4.87. The largest absolute Gasteiger partial charge is 0.493 e. The van der Waals surface area contributed by atoms with E-state index in [0.717, 1.165) is 12.1 Å². The van der Waals surface area contributed by atoms with E-state index in [9.17, 15) is 0 Å². The van der Waals surface area contributed by atoms with Crippen LogP contribution in [0.4, 0.5) is 0 Å². The van der Waals surface area contributed by atoms with E-state index in [1.165, 1.54) is 6.42 Å². The summed E-state index contributed by atoms with van der Waals surface area (Å²) in [5, 5.41) is 4.09. The SMILES string of the molecule is CCC(C)C(C)NCc1cc(Cl)c(OC)c(OC)c1. The van der Waals surface area contributed by atoms with E-state index in [1.807, 2.05) is 12.1 Å². The minimum Gasteiger partial charge on any atom is -0.493 e. The molecule has 0 saturated heterocycles. The van der Waals surface area contributed by atoms with E-state index in [0.29, 0.717) is 28.5 Å². The third kappa shape index (κ3) is 4.29. The number of rotatable bonds is 7. The van der Waals surface area contributed by atoms with Crippen molar-refractivity contribution in [1.29, 1.82) is 0 Å². The van der Waals surface area contributed by atoms with Crippen LogP contribution in [-0.4, -0.2) is 20.3 Å². The Morgan fingerprint density at radius 1 is 1.21 bits per heavy atom. The summed E-state index contributed by atoms with van der Waals surface area (Å²) in [7, 11) is 3.21. The predicted molar refractivity (Wildman–Crippen MR) is 80.3 cm³/mol. The Bertz CT molecular complexity index is 409. The first kappa shape index (κ1) is 16.1. The van der Waals surface area contributed by atoms with Gasteiger partial charge < -0.3 is 14.8 Å². The summed E-state index contributed by atoms with van der Waals surface area (Å²) < 4.78 is 10.5. The lowest BCUT2D eigenvalue weighted by molar-refractivity contribution is 0.353. The summed E-state index contributed by atoms with van der Waals surface area (Å²) in [5.41, 5.74) is 1.10. The number of hydrogen-bond acceptors (Lipinski definition) is 3. The average Bonchev–Trinajstić information content (AvgIpc) is 2.42. The maximum absolute atomic E-state index is 6.19. The number of benzene rings is 1. The molecule has 0 spiro atoms. The Balaban J connectivity index is 2.77. The van der Waals surface area contributed by atoms with Crippen molar-refractivity contribution < 1.29 is 9.47 Å². The van der Waals surface area contributed by atoms with Gasteiger partial charge in [0.2, 0.25) is 0 Å². The highest BCUT2D eigenvalue weighted by molar-refractivity contribution is 6.32. The van der Waals surface area contributed by atoms with Crippen LogP contribution in [0, 0.1) is 5.92 Å². The van der Waals surface area contributed by atoms with E-state index in [4.69, 9.17) is 21.1 Å². The first-order valence-electron chi connectivity index (χ1n) is 6.67. The predicted octanol–water partition coefficient (Wildman–Crippen LogP) is 3.88. The molecule has 1 aromatic carbocycles. The van der Waals surface area contributed by atoms with Crippen LogP contribution in [0.3, 0.4) is 0 Å². The van der Waals surface area contributed by atoms with Crippen LogP contribution in [-0.2, 0) is 6.54 Å². The molecule has 2 unspecified atom stereocenters. The van der Waals surface area contributed by atoms with Crippen molar-refractivity contribution in [3.8, 4) is 11.5 Å². The zero-order valence-electron chi connectivity index (χ0n) is 12.4. The lowest BCUT2D eigenvalue weighted by atomic mass is 10.0. The van der Waals surface area contributed by atoms with Gasteiger partial charge in [0.25, 0.3) is 0 Å². The summed E-state index contributed by atoms with van der Waals surface area (Å²) in [6.45, 7) is 7.43. The van der Waals surface area contributed by atoms with E-state index in [-0.39, 0.29) is 0 Å². The van der Waals surface area contributed by atoms with Crippen LogP contribution in [0.1, 0.15) is 32.8 Å². The first-order chi connectivity index (χ1) is 9.03. The van der Waals surface area contributed by atoms with Gasteiger partial charge in [0.05, 0.1) is 19.2 Å². The smallest absolute Gasteiger partial charge is 0.179 e. The van der Waals surface area contributed by atoms with E-state index in [2.05, 4.69) is 26.1 Å². The minimum atomic E-state index is 0.469. The van der Waals surface area contributed by atoms with Crippen LogP contribution >= 0.6 is 11.6 Å². The van der Waals surface area contributed by atoms with E-state index >= 15 is 0 Å². The summed E-state index contributed by atoms with van der Waals surface area (Å²) in [6, 6.07) is 4.34. The van der Waals surface area contributed by atoms with E-state index < -0.39 is 0 Å². The molecular weight excluding hydrogens is 262 g/mol. The molecule has 0 aliphatic carbocycles. The van der Waals surface area contributed by atoms with Gasteiger partial charge in [-0.1, -0.05) is 31.9 Å². The summed E-state index contributed by atoms with van der Waals surface area (Å²) in [5.74, 6) is 1.90. The molecule has 0 fully saturated rings. The lowest BCUT2D eigenvalue weighted by Crippen LogP contribution is -2.31. The van der Waals surface area contributed by atoms with Gasteiger partial charge in [-0.15, -0.1) is 0 Å². The highest BCUT2D eigenvalue weighted by atomic mass is 35.5. The Kier molecular flexibility index (Phi) is 6.46. The highest BCUT2D eigenvalue weighted by Gasteiger charge is 2.13. The van der Waals surface area contributed by atoms with Gasteiger partial charge in [0.15, 0.2) is 11.5 Å². The standard InChI is InChI=1S/C15H24ClNO2/c1-6-10(2)11(3)17-9-12-7-13(16)15(19-5)14(8-12)18-4/h7-8,10-11,17H,6,9H2,1-5H3. The molecule has 0 aliphatic rings. The Morgan fingerprint density at radius 2 is 1.89 bits per heavy atom. The second kappa shape index (κ2) is 7.61. The van der Waals surface area contributed by atoms with Gasteiger partial charge in [0, 0.05) is 12.6 Å². The van der Waals surface area contributed by atoms with Crippen LogP contribution < -0.4 is 14.8 Å². The zero-order chi connectivity index (χ0) is 14.4. The fraction of sp³-hybridized carbons (Fsp3) is 0.600. The van der Waals surface area contributed by atoms with Crippen molar-refractivity contribution in [2.75, 3.05) is 14.2 Å². The van der Waals surface area contributed by atoms with Gasteiger partial charge >= 0.3 is 0 Å². The molecule has 0 heterocycles. The molecule has 19 heavy (non-hydrogen) atoms. The quantitative estimate of drug-likeness (QED) is 0.825. The van der Waals surface area contributed by atoms with Gasteiger partial charge in [-0.3, -0.25) is 0 Å². The number of halogens is 1. The number of ether oxygens (including phenoxy) is 2. The van der Waals surface area contributed by atoms with Gasteiger partial charge in [-0.2, -0.15) is 0 Å². The first-order valence-corrected chi connectivity index (χ1v) is 7.05. The van der Waals surface area contributed by atoms with Crippen molar-refractivity contribution in [3.63, 3.8) is 0 Å². The molecule has 0 amide bonds. The van der Waals surface area contributed by atoms with Crippen molar-refractivity contribution in [2.45, 2.75) is 39.8 Å². The maximum Gasteiger partial charge on any atom is 0.179 e. The molecule has 2 atom stereocenters. The molecule has 0 radical (unpaired) electrons. The van der Waals surface area contributed by atoms with Crippen LogP contribution in [0.2, 0.25) is 5.02 Å². The van der Waals surface area contributed by atoms with Gasteiger partial charge in [-0.05, 0) is 30.5 Å². The van der Waals surface area contributed by atoms with Gasteiger partial charge in [-0.25, -0.2) is 0 Å². The lowest BCUT2D eigenvalue weighted by Gasteiger charge is -2.20. The van der Waals surface area contributed by atoms with Crippen molar-refractivity contribution >= 4 is 11.6 Å². The number of methoxy groups -OCH3 is 2. The monoisotopic (exact) mass is 285 g/mol. The molecule has 3 nitrogen and oxygen atoms in total. The van der Waals surface area contributed by atoms with E-state index in [1.54, 1.807) is 14.2 Å². The minimum absolute atomic E-state index is 0.469. The normalized spacial score (nSPS) is 14.0. The number of hydrogen-bond donors (Lipinski definition) is 1. The van der Waals surface area contributed by atoms with Crippen molar-refractivity contribution in [2.24, 2.45) is 5.92 Å².